The first-order chi connectivity index (χ1) is 9.15. The number of aromatic nitrogens is 1. The maximum absolute atomic E-state index is 11.9. The van der Waals surface area contributed by atoms with Crippen LogP contribution in [0.3, 0.4) is 0 Å². The molecule has 0 bridgehead atoms. The molecule has 0 fully saturated rings. The summed E-state index contributed by atoms with van der Waals surface area (Å²) < 4.78 is 0. The topological polar surface area (TPSA) is 54.0 Å². The highest BCUT2D eigenvalue weighted by Crippen LogP contribution is 2.10. The van der Waals surface area contributed by atoms with Crippen LogP contribution >= 0.6 is 23.8 Å². The van der Waals surface area contributed by atoms with Crippen LogP contribution in [0.1, 0.15) is 10.4 Å². The molecule has 0 saturated carbocycles. The normalized spacial score (nSPS) is 9.74. The van der Waals surface area contributed by atoms with E-state index in [1.807, 2.05) is 0 Å². The zero-order valence-corrected chi connectivity index (χ0v) is 11.3. The molecular weight excluding hydrogens is 282 g/mol. The molecule has 2 N–H and O–H groups in total. The number of hydrogen-bond acceptors (Lipinski definition) is 3. The second kappa shape index (κ2) is 6.26. The molecule has 4 nitrogen and oxygen atoms in total. The minimum Gasteiger partial charge on any atom is -0.331 e. The van der Waals surface area contributed by atoms with Crippen LogP contribution in [0.15, 0.2) is 48.8 Å². The molecule has 0 aliphatic heterocycles. The number of amides is 1. The summed E-state index contributed by atoms with van der Waals surface area (Å²) in [4.78, 5) is 15.8. The second-order valence-corrected chi connectivity index (χ2v) is 4.50. The molecular formula is C13H10ClN3OS. The van der Waals surface area contributed by atoms with E-state index in [0.29, 0.717) is 16.3 Å². The predicted octanol–water partition coefficient (Wildman–Crippen LogP) is 2.86. The van der Waals surface area contributed by atoms with Crippen LogP contribution in [-0.4, -0.2) is 16.0 Å². The van der Waals surface area contributed by atoms with Gasteiger partial charge in [-0.05, 0) is 42.5 Å². The van der Waals surface area contributed by atoms with Crippen molar-refractivity contribution in [2.75, 3.05) is 5.32 Å². The van der Waals surface area contributed by atoms with Gasteiger partial charge in [0.2, 0.25) is 0 Å². The number of nitrogens with zero attached hydrogens (tertiary/aromatic N) is 1. The monoisotopic (exact) mass is 291 g/mol. The molecule has 0 saturated heterocycles. The first-order valence-corrected chi connectivity index (χ1v) is 6.22. The lowest BCUT2D eigenvalue weighted by molar-refractivity contribution is 0.0977. The van der Waals surface area contributed by atoms with E-state index in [1.54, 1.807) is 48.8 Å². The Morgan fingerprint density at radius 2 is 2.11 bits per heavy atom. The van der Waals surface area contributed by atoms with Crippen LogP contribution in [-0.2, 0) is 0 Å². The molecule has 1 aromatic carbocycles. The van der Waals surface area contributed by atoms with Crippen LogP contribution < -0.4 is 10.6 Å². The third-order valence-electron chi connectivity index (χ3n) is 2.23. The van der Waals surface area contributed by atoms with E-state index in [0.717, 1.165) is 0 Å². The van der Waals surface area contributed by atoms with Gasteiger partial charge in [0.05, 0.1) is 11.9 Å². The van der Waals surface area contributed by atoms with Crippen LogP contribution in [0.25, 0.3) is 0 Å². The first-order valence-electron chi connectivity index (χ1n) is 5.43. The fourth-order valence-electron chi connectivity index (χ4n) is 1.40. The number of anilines is 1. The highest BCUT2D eigenvalue weighted by Gasteiger charge is 2.08. The number of hydrogen-bond donors (Lipinski definition) is 2. The lowest BCUT2D eigenvalue weighted by atomic mass is 10.2. The molecule has 1 heterocycles. The van der Waals surface area contributed by atoms with Crippen molar-refractivity contribution in [1.29, 1.82) is 0 Å². The van der Waals surface area contributed by atoms with Crippen molar-refractivity contribution in [1.82, 2.24) is 10.3 Å². The van der Waals surface area contributed by atoms with E-state index >= 15 is 0 Å². The van der Waals surface area contributed by atoms with Crippen molar-refractivity contribution in [2.45, 2.75) is 0 Å². The number of benzene rings is 1. The van der Waals surface area contributed by atoms with Crippen LogP contribution in [0.2, 0.25) is 5.02 Å². The molecule has 1 aromatic heterocycles. The van der Waals surface area contributed by atoms with Crippen molar-refractivity contribution in [3.8, 4) is 0 Å². The average Bonchev–Trinajstić information content (AvgIpc) is 2.39. The third-order valence-corrected chi connectivity index (χ3v) is 2.67. The van der Waals surface area contributed by atoms with Crippen LogP contribution in [0, 0.1) is 0 Å². The molecule has 96 valence electrons. The Kier molecular flexibility index (Phi) is 4.43. The Hall–Kier alpha value is -1.98. The molecule has 2 rings (SSSR count). The van der Waals surface area contributed by atoms with Crippen molar-refractivity contribution in [3.63, 3.8) is 0 Å². The van der Waals surface area contributed by atoms with Crippen molar-refractivity contribution < 1.29 is 4.79 Å². The molecule has 0 spiro atoms. The zero-order valence-electron chi connectivity index (χ0n) is 9.76. The minimum atomic E-state index is -0.316. The SMILES string of the molecule is O=C(NC(=S)Nc1cccnc1)c1cccc(Cl)c1. The fraction of sp³-hybridized carbons (Fsp3) is 0. The molecule has 0 radical (unpaired) electrons. The number of carbonyl (C=O) groups excluding carboxylic acids is 1. The largest absolute Gasteiger partial charge is 0.331 e. The molecule has 2 aromatic rings. The molecule has 0 aliphatic rings. The standard InChI is InChI=1S/C13H10ClN3OS/c14-10-4-1-3-9(7-10)12(18)17-13(19)16-11-5-2-6-15-8-11/h1-8H,(H2,16,17,18,19). The van der Waals surface area contributed by atoms with Crippen molar-refractivity contribution >= 4 is 40.5 Å². The van der Waals surface area contributed by atoms with Gasteiger partial charge in [-0.25, -0.2) is 0 Å². The van der Waals surface area contributed by atoms with Gasteiger partial charge >= 0.3 is 0 Å². The highest BCUT2D eigenvalue weighted by atomic mass is 35.5. The molecule has 0 aliphatic carbocycles. The summed E-state index contributed by atoms with van der Waals surface area (Å²) in [6.45, 7) is 0. The lowest BCUT2D eigenvalue weighted by Crippen LogP contribution is -2.34. The Labute approximate surface area is 120 Å². The predicted molar refractivity (Wildman–Crippen MR) is 79.4 cm³/mol. The van der Waals surface area contributed by atoms with Gasteiger partial charge in [0.1, 0.15) is 0 Å². The zero-order chi connectivity index (χ0) is 13.7. The Morgan fingerprint density at radius 1 is 1.26 bits per heavy atom. The molecule has 19 heavy (non-hydrogen) atoms. The summed E-state index contributed by atoms with van der Waals surface area (Å²) >= 11 is 10.9. The smallest absolute Gasteiger partial charge is 0.257 e. The number of nitrogens with one attached hydrogen (secondary N) is 2. The van der Waals surface area contributed by atoms with Gasteiger partial charge in [0.15, 0.2) is 5.11 Å². The van der Waals surface area contributed by atoms with E-state index in [9.17, 15) is 4.79 Å². The van der Waals surface area contributed by atoms with E-state index in [4.69, 9.17) is 23.8 Å². The Balaban J connectivity index is 1.98. The van der Waals surface area contributed by atoms with E-state index in [-0.39, 0.29) is 11.0 Å². The van der Waals surface area contributed by atoms with Crippen LogP contribution in [0.4, 0.5) is 5.69 Å². The van der Waals surface area contributed by atoms with Crippen LogP contribution in [0.5, 0.6) is 0 Å². The molecule has 0 atom stereocenters. The maximum Gasteiger partial charge on any atom is 0.257 e. The second-order valence-electron chi connectivity index (χ2n) is 3.66. The summed E-state index contributed by atoms with van der Waals surface area (Å²) in [5, 5.41) is 6.13. The summed E-state index contributed by atoms with van der Waals surface area (Å²) in [7, 11) is 0. The van der Waals surface area contributed by atoms with E-state index in [1.165, 1.54) is 0 Å². The van der Waals surface area contributed by atoms with E-state index in [2.05, 4.69) is 15.6 Å². The van der Waals surface area contributed by atoms with Gasteiger partial charge in [-0.2, -0.15) is 0 Å². The number of thiocarbonyl (C=S) groups is 1. The minimum absolute atomic E-state index is 0.206. The maximum atomic E-state index is 11.9. The molecule has 6 heteroatoms. The number of halogens is 1. The highest BCUT2D eigenvalue weighted by molar-refractivity contribution is 7.80. The quantitative estimate of drug-likeness (QED) is 0.836. The Bertz CT molecular complexity index is 604. The first kappa shape index (κ1) is 13.5. The summed E-state index contributed by atoms with van der Waals surface area (Å²) in [5.41, 5.74) is 1.15. The number of pyridine rings is 1. The summed E-state index contributed by atoms with van der Waals surface area (Å²) in [6.07, 6.45) is 3.26. The third kappa shape index (κ3) is 4.01. The van der Waals surface area contributed by atoms with Crippen molar-refractivity contribution in [2.24, 2.45) is 0 Å². The number of carbonyl (C=O) groups is 1. The molecule has 0 unspecified atom stereocenters. The molecule has 1 amide bonds. The van der Waals surface area contributed by atoms with Gasteiger partial charge in [0, 0.05) is 16.8 Å². The van der Waals surface area contributed by atoms with Gasteiger partial charge in [-0.3, -0.25) is 15.1 Å². The average molecular weight is 292 g/mol. The van der Waals surface area contributed by atoms with Gasteiger partial charge < -0.3 is 5.32 Å². The van der Waals surface area contributed by atoms with E-state index < -0.39 is 0 Å². The van der Waals surface area contributed by atoms with Gasteiger partial charge in [0.25, 0.3) is 5.91 Å². The number of rotatable bonds is 2. The summed E-state index contributed by atoms with van der Waals surface area (Å²) in [5.74, 6) is -0.316. The Morgan fingerprint density at radius 3 is 2.79 bits per heavy atom. The van der Waals surface area contributed by atoms with Gasteiger partial charge in [-0.15, -0.1) is 0 Å². The van der Waals surface area contributed by atoms with Gasteiger partial charge in [-0.1, -0.05) is 17.7 Å². The lowest BCUT2D eigenvalue weighted by Gasteiger charge is -2.09. The van der Waals surface area contributed by atoms with Crippen molar-refractivity contribution in [3.05, 3.63) is 59.4 Å². The summed E-state index contributed by atoms with van der Waals surface area (Å²) in [6, 6.07) is 10.2. The fourth-order valence-corrected chi connectivity index (χ4v) is 1.80.